The highest BCUT2D eigenvalue weighted by Gasteiger charge is 2.57. The molecule has 1 amide bonds. The second-order valence-corrected chi connectivity index (χ2v) is 7.39. The predicted molar refractivity (Wildman–Crippen MR) is 101 cm³/mol. The Labute approximate surface area is 158 Å². The lowest BCUT2D eigenvalue weighted by atomic mass is 9.92. The van der Waals surface area contributed by atoms with Gasteiger partial charge in [-0.2, -0.15) is 0 Å². The van der Waals surface area contributed by atoms with E-state index in [2.05, 4.69) is 22.6 Å². The van der Waals surface area contributed by atoms with Crippen molar-refractivity contribution in [3.63, 3.8) is 0 Å². The maximum Gasteiger partial charge on any atom is 0.223 e. The largest absolute Gasteiger partial charge is 0.378 e. The molecule has 0 aromatic heterocycles. The Balaban J connectivity index is 0.00000144. The van der Waals surface area contributed by atoms with Crippen molar-refractivity contribution in [1.82, 2.24) is 15.5 Å². The fourth-order valence-electron chi connectivity index (χ4n) is 4.00. The minimum atomic E-state index is 0. The quantitative estimate of drug-likeness (QED) is 0.689. The lowest BCUT2D eigenvalue weighted by Gasteiger charge is -2.28. The number of ether oxygens (including phenoxy) is 1. The number of amides is 1. The van der Waals surface area contributed by atoms with Crippen molar-refractivity contribution < 1.29 is 9.53 Å². The fourth-order valence-corrected chi connectivity index (χ4v) is 4.00. The van der Waals surface area contributed by atoms with Gasteiger partial charge in [-0.3, -0.25) is 4.79 Å². The molecule has 142 valence electrons. The lowest BCUT2D eigenvalue weighted by molar-refractivity contribution is -0.123. The molecule has 1 saturated carbocycles. The van der Waals surface area contributed by atoms with Crippen LogP contribution in [-0.2, 0) is 9.53 Å². The van der Waals surface area contributed by atoms with E-state index in [1.807, 2.05) is 0 Å². The van der Waals surface area contributed by atoms with E-state index in [0.717, 1.165) is 65.0 Å². The molecule has 2 N–H and O–H groups in total. The first-order valence-electron chi connectivity index (χ1n) is 8.98. The van der Waals surface area contributed by atoms with Gasteiger partial charge in [0.2, 0.25) is 5.91 Å². The van der Waals surface area contributed by atoms with Crippen molar-refractivity contribution in [3.05, 3.63) is 0 Å². The van der Waals surface area contributed by atoms with Crippen molar-refractivity contribution >= 4 is 30.7 Å². The van der Waals surface area contributed by atoms with Gasteiger partial charge < -0.3 is 20.3 Å². The molecular formula is C17H33Cl2N3O2. The summed E-state index contributed by atoms with van der Waals surface area (Å²) >= 11 is 0. The Morgan fingerprint density at radius 3 is 2.58 bits per heavy atom. The van der Waals surface area contributed by atoms with Crippen LogP contribution in [0.4, 0.5) is 0 Å². The summed E-state index contributed by atoms with van der Waals surface area (Å²) in [6.45, 7) is 5.97. The molecule has 2 saturated heterocycles. The molecule has 2 heterocycles. The van der Waals surface area contributed by atoms with Crippen LogP contribution >= 0.6 is 24.8 Å². The summed E-state index contributed by atoms with van der Waals surface area (Å²) in [6.07, 6.45) is 7.08. The Bertz CT molecular complexity index is 384. The first-order chi connectivity index (χ1) is 10.7. The smallest absolute Gasteiger partial charge is 0.223 e. The molecule has 5 nitrogen and oxygen atoms in total. The molecule has 1 aliphatic carbocycles. The second kappa shape index (κ2) is 10.2. The van der Waals surface area contributed by atoms with E-state index in [1.54, 1.807) is 0 Å². The summed E-state index contributed by atoms with van der Waals surface area (Å²) in [4.78, 5) is 14.6. The minimum absolute atomic E-state index is 0. The summed E-state index contributed by atoms with van der Waals surface area (Å²) in [6, 6.07) is 0. The molecule has 2 aliphatic heterocycles. The number of carbonyl (C=O) groups excluding carboxylic acids is 1. The van der Waals surface area contributed by atoms with Crippen molar-refractivity contribution in [2.24, 2.45) is 11.3 Å². The van der Waals surface area contributed by atoms with Crippen molar-refractivity contribution in [2.75, 3.05) is 46.4 Å². The van der Waals surface area contributed by atoms with Crippen molar-refractivity contribution in [3.8, 4) is 0 Å². The zero-order chi connectivity index (χ0) is 15.4. The van der Waals surface area contributed by atoms with Gasteiger partial charge in [-0.25, -0.2) is 0 Å². The number of rotatable bonds is 6. The van der Waals surface area contributed by atoms with Gasteiger partial charge in [0.1, 0.15) is 0 Å². The molecule has 1 spiro atoms. The molecule has 1 unspecified atom stereocenters. The van der Waals surface area contributed by atoms with E-state index < -0.39 is 0 Å². The van der Waals surface area contributed by atoms with Gasteiger partial charge in [0, 0.05) is 32.2 Å². The standard InChI is InChI=1S/C17H31N3O2.2ClH/c1-20-10-3-14(4-11-20)22-12-2-7-19-16(21)15-13-17(15)5-8-18-9-6-17;;/h14-15,18H,2-13H2,1H3,(H,19,21);2*1H. The summed E-state index contributed by atoms with van der Waals surface area (Å²) < 4.78 is 5.91. The zero-order valence-electron chi connectivity index (χ0n) is 14.7. The summed E-state index contributed by atoms with van der Waals surface area (Å²) in [5.41, 5.74) is 0.347. The molecule has 3 rings (SSSR count). The van der Waals surface area contributed by atoms with Gasteiger partial charge >= 0.3 is 0 Å². The average Bonchev–Trinajstić information content (AvgIpc) is 3.22. The molecule has 0 radical (unpaired) electrons. The Morgan fingerprint density at radius 1 is 1.25 bits per heavy atom. The zero-order valence-corrected chi connectivity index (χ0v) is 16.4. The highest BCUT2D eigenvalue weighted by molar-refractivity contribution is 5.85. The van der Waals surface area contributed by atoms with E-state index in [9.17, 15) is 4.79 Å². The van der Waals surface area contributed by atoms with Crippen LogP contribution < -0.4 is 10.6 Å². The van der Waals surface area contributed by atoms with E-state index >= 15 is 0 Å². The number of likely N-dealkylation sites (tertiary alicyclic amines) is 1. The van der Waals surface area contributed by atoms with Crippen LogP contribution in [0.5, 0.6) is 0 Å². The van der Waals surface area contributed by atoms with Gasteiger partial charge in [0.15, 0.2) is 0 Å². The van der Waals surface area contributed by atoms with Crippen molar-refractivity contribution in [2.45, 2.75) is 44.6 Å². The average molecular weight is 382 g/mol. The predicted octanol–water partition coefficient (Wildman–Crippen LogP) is 1.84. The third-order valence-electron chi connectivity index (χ3n) is 5.75. The summed E-state index contributed by atoms with van der Waals surface area (Å²) in [5, 5.41) is 6.50. The van der Waals surface area contributed by atoms with E-state index in [-0.39, 0.29) is 36.6 Å². The highest BCUT2D eigenvalue weighted by Crippen LogP contribution is 2.58. The number of piperidine rings is 2. The second-order valence-electron chi connectivity index (χ2n) is 7.39. The monoisotopic (exact) mass is 381 g/mol. The van der Waals surface area contributed by atoms with Gasteiger partial charge in [0.05, 0.1) is 6.10 Å². The fraction of sp³-hybridized carbons (Fsp3) is 0.941. The third-order valence-corrected chi connectivity index (χ3v) is 5.75. The van der Waals surface area contributed by atoms with Crippen molar-refractivity contribution in [1.29, 1.82) is 0 Å². The van der Waals surface area contributed by atoms with Crippen LogP contribution in [0.3, 0.4) is 0 Å². The highest BCUT2D eigenvalue weighted by atomic mass is 35.5. The van der Waals surface area contributed by atoms with Crippen LogP contribution in [-0.4, -0.2) is 63.3 Å². The Hall–Kier alpha value is -0.0700. The number of halogens is 2. The Morgan fingerprint density at radius 2 is 1.92 bits per heavy atom. The first-order valence-corrected chi connectivity index (χ1v) is 8.98. The molecule has 0 bridgehead atoms. The summed E-state index contributed by atoms with van der Waals surface area (Å²) in [5.74, 6) is 0.561. The molecule has 3 aliphatic rings. The topological polar surface area (TPSA) is 53.6 Å². The van der Waals surface area contributed by atoms with Gasteiger partial charge in [-0.15, -0.1) is 24.8 Å². The number of nitrogens with zero attached hydrogens (tertiary/aromatic N) is 1. The number of hydrogen-bond donors (Lipinski definition) is 2. The lowest BCUT2D eigenvalue weighted by Crippen LogP contribution is -2.35. The van der Waals surface area contributed by atoms with Gasteiger partial charge in [-0.1, -0.05) is 0 Å². The normalized spacial score (nSPS) is 26.3. The molecule has 0 aromatic carbocycles. The Kier molecular flexibility index (Phi) is 9.31. The molecular weight excluding hydrogens is 349 g/mol. The SMILES string of the molecule is CN1CCC(OCCCNC(=O)C2CC23CCNCC3)CC1.Cl.Cl. The maximum absolute atomic E-state index is 12.2. The molecule has 7 heteroatoms. The number of hydrogen-bond acceptors (Lipinski definition) is 4. The van der Waals surface area contributed by atoms with E-state index in [0.29, 0.717) is 11.5 Å². The van der Waals surface area contributed by atoms with Crippen LogP contribution in [0, 0.1) is 11.3 Å². The van der Waals surface area contributed by atoms with E-state index in [1.165, 1.54) is 12.8 Å². The van der Waals surface area contributed by atoms with Crippen LogP contribution in [0.15, 0.2) is 0 Å². The van der Waals surface area contributed by atoms with Gasteiger partial charge in [-0.05, 0) is 64.1 Å². The van der Waals surface area contributed by atoms with Crippen LogP contribution in [0.25, 0.3) is 0 Å². The van der Waals surface area contributed by atoms with Crippen LogP contribution in [0.2, 0.25) is 0 Å². The molecule has 3 fully saturated rings. The minimum Gasteiger partial charge on any atom is -0.378 e. The van der Waals surface area contributed by atoms with Crippen LogP contribution in [0.1, 0.15) is 38.5 Å². The van der Waals surface area contributed by atoms with Gasteiger partial charge in [0.25, 0.3) is 0 Å². The first kappa shape index (κ1) is 22.0. The molecule has 1 atom stereocenters. The molecule has 24 heavy (non-hydrogen) atoms. The molecule has 0 aromatic rings. The third kappa shape index (κ3) is 5.73. The van der Waals surface area contributed by atoms with E-state index in [4.69, 9.17) is 4.74 Å². The maximum atomic E-state index is 12.2. The number of nitrogens with one attached hydrogen (secondary N) is 2. The summed E-state index contributed by atoms with van der Waals surface area (Å²) in [7, 11) is 2.17. The number of carbonyl (C=O) groups is 1.